The Labute approximate surface area is 128 Å². The summed E-state index contributed by atoms with van der Waals surface area (Å²) >= 11 is 0. The Hall–Kier alpha value is -1.35. The fraction of sp³-hybridized carbons (Fsp3) is 0.611. The quantitative estimate of drug-likeness (QED) is 0.799. The van der Waals surface area contributed by atoms with Gasteiger partial charge in [-0.2, -0.15) is 0 Å². The van der Waals surface area contributed by atoms with Crippen LogP contribution in [-0.2, 0) is 11.2 Å². The predicted octanol–water partition coefficient (Wildman–Crippen LogP) is 2.98. The number of benzene rings is 1. The summed E-state index contributed by atoms with van der Waals surface area (Å²) < 4.78 is 0. The van der Waals surface area contributed by atoms with Crippen LogP contribution in [0.3, 0.4) is 0 Å². The second-order valence-electron chi connectivity index (χ2n) is 6.58. The van der Waals surface area contributed by atoms with Gasteiger partial charge in [0.05, 0.1) is 6.04 Å². The van der Waals surface area contributed by atoms with Crippen molar-refractivity contribution in [2.24, 2.45) is 11.7 Å². The van der Waals surface area contributed by atoms with Crippen LogP contribution in [-0.4, -0.2) is 29.4 Å². The Kier molecular flexibility index (Phi) is 5.80. The van der Waals surface area contributed by atoms with E-state index in [0.717, 1.165) is 38.6 Å². The zero-order chi connectivity index (χ0) is 15.2. The lowest BCUT2D eigenvalue weighted by molar-refractivity contribution is -0.133. The van der Waals surface area contributed by atoms with E-state index in [1.54, 1.807) is 0 Å². The fourth-order valence-corrected chi connectivity index (χ4v) is 2.56. The van der Waals surface area contributed by atoms with Crippen LogP contribution in [0.2, 0.25) is 0 Å². The van der Waals surface area contributed by atoms with Crippen LogP contribution in [0.4, 0.5) is 0 Å². The SMILES string of the molecule is CC(C)CCN(C(=O)C(N)CCc1ccccc1)C1CC1. The first kappa shape index (κ1) is 16.0. The second-order valence-corrected chi connectivity index (χ2v) is 6.58. The number of rotatable bonds is 8. The van der Waals surface area contributed by atoms with Gasteiger partial charge in [-0.15, -0.1) is 0 Å². The lowest BCUT2D eigenvalue weighted by Gasteiger charge is -2.26. The number of carbonyl (C=O) groups is 1. The number of carbonyl (C=O) groups excluding carboxylic acids is 1. The molecular formula is C18H28N2O. The zero-order valence-electron chi connectivity index (χ0n) is 13.3. The van der Waals surface area contributed by atoms with E-state index in [9.17, 15) is 4.79 Å². The Balaban J connectivity index is 1.84. The van der Waals surface area contributed by atoms with Crippen molar-refractivity contribution in [3.05, 3.63) is 35.9 Å². The highest BCUT2D eigenvalue weighted by molar-refractivity contribution is 5.82. The molecule has 1 aromatic carbocycles. The molecule has 1 fully saturated rings. The minimum absolute atomic E-state index is 0.147. The molecule has 0 saturated heterocycles. The number of aryl methyl sites for hydroxylation is 1. The molecular weight excluding hydrogens is 260 g/mol. The van der Waals surface area contributed by atoms with E-state index in [2.05, 4.69) is 26.0 Å². The highest BCUT2D eigenvalue weighted by Crippen LogP contribution is 2.28. The van der Waals surface area contributed by atoms with Crippen LogP contribution in [0.15, 0.2) is 30.3 Å². The topological polar surface area (TPSA) is 46.3 Å². The van der Waals surface area contributed by atoms with Crippen molar-refractivity contribution >= 4 is 5.91 Å². The number of nitrogens with zero attached hydrogens (tertiary/aromatic N) is 1. The van der Waals surface area contributed by atoms with Crippen LogP contribution in [0.5, 0.6) is 0 Å². The average Bonchev–Trinajstić information content (AvgIpc) is 3.30. The third-order valence-electron chi connectivity index (χ3n) is 4.12. The normalized spacial score (nSPS) is 16.0. The molecule has 116 valence electrons. The van der Waals surface area contributed by atoms with Crippen LogP contribution in [0, 0.1) is 5.92 Å². The summed E-state index contributed by atoms with van der Waals surface area (Å²) in [4.78, 5) is 14.6. The average molecular weight is 288 g/mol. The van der Waals surface area contributed by atoms with Crippen molar-refractivity contribution in [1.82, 2.24) is 4.90 Å². The first-order valence-corrected chi connectivity index (χ1v) is 8.18. The van der Waals surface area contributed by atoms with Crippen molar-refractivity contribution < 1.29 is 4.79 Å². The summed E-state index contributed by atoms with van der Waals surface area (Å²) in [6, 6.07) is 10.3. The molecule has 2 N–H and O–H groups in total. The molecule has 3 nitrogen and oxygen atoms in total. The highest BCUT2D eigenvalue weighted by Gasteiger charge is 2.34. The maximum atomic E-state index is 12.6. The summed E-state index contributed by atoms with van der Waals surface area (Å²) in [6.07, 6.45) is 4.96. The van der Waals surface area contributed by atoms with E-state index < -0.39 is 0 Å². The van der Waals surface area contributed by atoms with E-state index in [-0.39, 0.29) is 11.9 Å². The molecule has 1 unspecified atom stereocenters. The zero-order valence-corrected chi connectivity index (χ0v) is 13.3. The third-order valence-corrected chi connectivity index (χ3v) is 4.12. The molecule has 1 aliphatic carbocycles. The summed E-state index contributed by atoms with van der Waals surface area (Å²) in [5.74, 6) is 0.772. The maximum Gasteiger partial charge on any atom is 0.239 e. The maximum absolute atomic E-state index is 12.6. The van der Waals surface area contributed by atoms with Crippen LogP contribution in [0.1, 0.15) is 45.1 Å². The van der Waals surface area contributed by atoms with Crippen molar-refractivity contribution in [2.45, 2.75) is 58.0 Å². The molecule has 1 atom stereocenters. The van der Waals surface area contributed by atoms with E-state index in [1.165, 1.54) is 5.56 Å². The molecule has 2 rings (SSSR count). The predicted molar refractivity (Wildman–Crippen MR) is 86.9 cm³/mol. The van der Waals surface area contributed by atoms with Crippen LogP contribution >= 0.6 is 0 Å². The van der Waals surface area contributed by atoms with E-state index in [4.69, 9.17) is 5.73 Å². The minimum atomic E-state index is -0.363. The minimum Gasteiger partial charge on any atom is -0.338 e. The third kappa shape index (κ3) is 5.16. The standard InChI is InChI=1S/C18H28N2O/c1-14(2)12-13-20(16-9-10-16)18(21)17(19)11-8-15-6-4-3-5-7-15/h3-7,14,16-17H,8-13,19H2,1-2H3. The van der Waals surface area contributed by atoms with Gasteiger partial charge in [0.25, 0.3) is 0 Å². The molecule has 0 spiro atoms. The van der Waals surface area contributed by atoms with Gasteiger partial charge < -0.3 is 10.6 Å². The Morgan fingerprint density at radius 1 is 1.24 bits per heavy atom. The summed E-state index contributed by atoms with van der Waals surface area (Å²) in [6.45, 7) is 5.26. The molecule has 1 saturated carbocycles. The molecule has 1 amide bonds. The Morgan fingerprint density at radius 2 is 1.90 bits per heavy atom. The Morgan fingerprint density at radius 3 is 2.48 bits per heavy atom. The summed E-state index contributed by atoms with van der Waals surface area (Å²) in [7, 11) is 0. The molecule has 1 aliphatic rings. The summed E-state index contributed by atoms with van der Waals surface area (Å²) in [5, 5.41) is 0. The monoisotopic (exact) mass is 288 g/mol. The van der Waals surface area contributed by atoms with Gasteiger partial charge in [0, 0.05) is 12.6 Å². The van der Waals surface area contributed by atoms with Gasteiger partial charge in [0.15, 0.2) is 0 Å². The van der Waals surface area contributed by atoms with E-state index in [1.807, 2.05) is 23.1 Å². The van der Waals surface area contributed by atoms with Gasteiger partial charge in [-0.05, 0) is 43.6 Å². The molecule has 0 heterocycles. The number of hydrogen-bond acceptors (Lipinski definition) is 2. The van der Waals surface area contributed by atoms with E-state index >= 15 is 0 Å². The van der Waals surface area contributed by atoms with Crippen molar-refractivity contribution in [3.63, 3.8) is 0 Å². The molecule has 1 aromatic rings. The van der Waals surface area contributed by atoms with Gasteiger partial charge in [-0.1, -0.05) is 44.2 Å². The molecule has 0 radical (unpaired) electrons. The number of hydrogen-bond donors (Lipinski definition) is 1. The lowest BCUT2D eigenvalue weighted by Crippen LogP contribution is -2.45. The smallest absolute Gasteiger partial charge is 0.239 e. The number of nitrogens with two attached hydrogens (primary N) is 1. The highest BCUT2D eigenvalue weighted by atomic mass is 16.2. The largest absolute Gasteiger partial charge is 0.338 e. The lowest BCUT2D eigenvalue weighted by atomic mass is 10.0. The molecule has 0 aromatic heterocycles. The Bertz CT molecular complexity index is 440. The van der Waals surface area contributed by atoms with Gasteiger partial charge >= 0.3 is 0 Å². The first-order valence-electron chi connectivity index (χ1n) is 8.18. The van der Waals surface area contributed by atoms with E-state index in [0.29, 0.717) is 12.0 Å². The van der Waals surface area contributed by atoms with Crippen molar-refractivity contribution in [2.75, 3.05) is 6.54 Å². The van der Waals surface area contributed by atoms with Crippen LogP contribution in [0.25, 0.3) is 0 Å². The number of amides is 1. The van der Waals surface area contributed by atoms with Crippen molar-refractivity contribution in [1.29, 1.82) is 0 Å². The molecule has 3 heteroatoms. The second kappa shape index (κ2) is 7.60. The first-order chi connectivity index (χ1) is 10.1. The van der Waals surface area contributed by atoms with Gasteiger partial charge in [-0.25, -0.2) is 0 Å². The summed E-state index contributed by atoms with van der Waals surface area (Å²) in [5.41, 5.74) is 7.40. The van der Waals surface area contributed by atoms with Crippen LogP contribution < -0.4 is 5.73 Å². The van der Waals surface area contributed by atoms with Crippen molar-refractivity contribution in [3.8, 4) is 0 Å². The fourth-order valence-electron chi connectivity index (χ4n) is 2.56. The van der Waals surface area contributed by atoms with Gasteiger partial charge in [0.2, 0.25) is 5.91 Å². The van der Waals surface area contributed by atoms with Gasteiger partial charge in [-0.3, -0.25) is 4.79 Å². The molecule has 0 aliphatic heterocycles. The molecule has 21 heavy (non-hydrogen) atoms. The van der Waals surface area contributed by atoms with Gasteiger partial charge in [0.1, 0.15) is 0 Å². The molecule has 0 bridgehead atoms.